The van der Waals surface area contributed by atoms with Crippen molar-refractivity contribution in [3.63, 3.8) is 0 Å². The van der Waals surface area contributed by atoms with Crippen molar-refractivity contribution in [3.8, 4) is 17.2 Å². The Morgan fingerprint density at radius 3 is 2.78 bits per heavy atom. The van der Waals surface area contributed by atoms with Crippen molar-refractivity contribution in [2.24, 2.45) is 11.1 Å². The molecule has 0 aromatic heterocycles. The molecular formula is C14H19NO3. The van der Waals surface area contributed by atoms with Crippen LogP contribution in [0.3, 0.4) is 0 Å². The lowest BCUT2D eigenvalue weighted by Gasteiger charge is -2.27. The van der Waals surface area contributed by atoms with Crippen molar-refractivity contribution in [1.82, 2.24) is 0 Å². The Balaban J connectivity index is 1.74. The third-order valence-electron chi connectivity index (χ3n) is 4.01. The average Bonchev–Trinajstić information content (AvgIpc) is 2.89. The number of fused-ring (bicyclic) bond motifs is 1. The van der Waals surface area contributed by atoms with Crippen LogP contribution in [0.5, 0.6) is 17.2 Å². The minimum absolute atomic E-state index is 0.0722. The second kappa shape index (κ2) is 4.05. The number of hydrogen-bond acceptors (Lipinski definition) is 4. The van der Waals surface area contributed by atoms with Crippen molar-refractivity contribution in [2.45, 2.75) is 38.8 Å². The molecule has 0 bridgehead atoms. The lowest BCUT2D eigenvalue weighted by Crippen LogP contribution is -2.42. The summed E-state index contributed by atoms with van der Waals surface area (Å²) in [7, 11) is 0. The molecule has 1 aliphatic carbocycles. The van der Waals surface area contributed by atoms with Gasteiger partial charge in [-0.2, -0.15) is 0 Å². The molecule has 2 unspecified atom stereocenters. The van der Waals surface area contributed by atoms with Gasteiger partial charge in [0.15, 0.2) is 11.5 Å². The van der Waals surface area contributed by atoms with Gasteiger partial charge in [0.2, 0.25) is 6.79 Å². The molecule has 2 N–H and O–H groups in total. The highest BCUT2D eigenvalue weighted by atomic mass is 16.7. The minimum Gasteiger partial charge on any atom is -0.489 e. The van der Waals surface area contributed by atoms with Gasteiger partial charge in [-0.15, -0.1) is 0 Å². The summed E-state index contributed by atoms with van der Waals surface area (Å²) in [5, 5.41) is 0. The molecule has 0 spiro atoms. The first-order valence-electron chi connectivity index (χ1n) is 6.38. The second-order valence-electron chi connectivity index (χ2n) is 5.72. The third kappa shape index (κ3) is 1.90. The molecule has 0 saturated heterocycles. The Bertz CT molecular complexity index is 458. The lowest BCUT2D eigenvalue weighted by atomic mass is 9.88. The van der Waals surface area contributed by atoms with E-state index in [1.165, 1.54) is 0 Å². The molecule has 1 saturated carbocycles. The van der Waals surface area contributed by atoms with Crippen LogP contribution < -0.4 is 19.9 Å². The van der Waals surface area contributed by atoms with Crippen LogP contribution >= 0.6 is 0 Å². The van der Waals surface area contributed by atoms with E-state index in [2.05, 4.69) is 13.8 Å². The smallest absolute Gasteiger partial charge is 0.231 e. The quantitative estimate of drug-likeness (QED) is 0.874. The first-order valence-corrected chi connectivity index (χ1v) is 6.38. The van der Waals surface area contributed by atoms with Gasteiger partial charge in [0.1, 0.15) is 11.9 Å². The van der Waals surface area contributed by atoms with E-state index in [0.29, 0.717) is 0 Å². The van der Waals surface area contributed by atoms with Gasteiger partial charge < -0.3 is 19.9 Å². The molecule has 1 aromatic rings. The molecule has 1 aliphatic heterocycles. The van der Waals surface area contributed by atoms with E-state index in [0.717, 1.165) is 30.1 Å². The standard InChI is InChI=1S/C14H19NO3/c1-14(2)6-5-11(13(14)15)18-9-3-4-10-12(7-9)17-8-16-10/h3-4,7,11,13H,5-6,8,15H2,1-2H3. The van der Waals surface area contributed by atoms with Gasteiger partial charge in [0.05, 0.1) is 0 Å². The Labute approximate surface area is 107 Å². The van der Waals surface area contributed by atoms with E-state index in [9.17, 15) is 0 Å². The summed E-state index contributed by atoms with van der Waals surface area (Å²) in [6.07, 6.45) is 2.19. The molecule has 4 nitrogen and oxygen atoms in total. The highest BCUT2D eigenvalue weighted by Gasteiger charge is 2.40. The average molecular weight is 249 g/mol. The zero-order valence-electron chi connectivity index (χ0n) is 10.8. The van der Waals surface area contributed by atoms with Gasteiger partial charge in [-0.25, -0.2) is 0 Å². The molecule has 1 aromatic carbocycles. The highest BCUT2D eigenvalue weighted by molar-refractivity contribution is 5.47. The van der Waals surface area contributed by atoms with Crippen LogP contribution in [0.1, 0.15) is 26.7 Å². The maximum atomic E-state index is 6.24. The number of nitrogens with two attached hydrogens (primary N) is 1. The Kier molecular flexibility index (Phi) is 2.63. The van der Waals surface area contributed by atoms with Crippen LogP contribution in [-0.2, 0) is 0 Å². The largest absolute Gasteiger partial charge is 0.489 e. The fourth-order valence-corrected chi connectivity index (χ4v) is 2.62. The molecule has 4 heteroatoms. The first-order chi connectivity index (χ1) is 8.56. The fraction of sp³-hybridized carbons (Fsp3) is 0.571. The summed E-state index contributed by atoms with van der Waals surface area (Å²) in [5.41, 5.74) is 6.39. The predicted molar refractivity (Wildman–Crippen MR) is 68.0 cm³/mol. The van der Waals surface area contributed by atoms with Crippen molar-refractivity contribution < 1.29 is 14.2 Å². The van der Waals surface area contributed by atoms with Crippen molar-refractivity contribution >= 4 is 0 Å². The lowest BCUT2D eigenvalue weighted by molar-refractivity contribution is 0.163. The van der Waals surface area contributed by atoms with Gasteiger partial charge in [0.25, 0.3) is 0 Å². The number of rotatable bonds is 2. The molecule has 2 atom stereocenters. The van der Waals surface area contributed by atoms with Gasteiger partial charge >= 0.3 is 0 Å². The fourth-order valence-electron chi connectivity index (χ4n) is 2.62. The molecule has 98 valence electrons. The summed E-state index contributed by atoms with van der Waals surface area (Å²) in [5.74, 6) is 2.33. The molecule has 1 fully saturated rings. The van der Waals surface area contributed by atoms with Gasteiger partial charge in [0, 0.05) is 12.1 Å². The van der Waals surface area contributed by atoms with E-state index in [1.54, 1.807) is 0 Å². The Morgan fingerprint density at radius 2 is 2.06 bits per heavy atom. The van der Waals surface area contributed by atoms with Crippen LogP contribution in [0.2, 0.25) is 0 Å². The maximum absolute atomic E-state index is 6.24. The van der Waals surface area contributed by atoms with Gasteiger partial charge in [-0.3, -0.25) is 0 Å². The third-order valence-corrected chi connectivity index (χ3v) is 4.01. The van der Waals surface area contributed by atoms with E-state index in [4.69, 9.17) is 19.9 Å². The van der Waals surface area contributed by atoms with Crippen LogP contribution in [-0.4, -0.2) is 18.9 Å². The van der Waals surface area contributed by atoms with E-state index in [1.807, 2.05) is 18.2 Å². The van der Waals surface area contributed by atoms with E-state index < -0.39 is 0 Å². The summed E-state index contributed by atoms with van der Waals surface area (Å²) in [4.78, 5) is 0. The van der Waals surface area contributed by atoms with Crippen LogP contribution in [0, 0.1) is 5.41 Å². The topological polar surface area (TPSA) is 53.7 Å². The zero-order valence-corrected chi connectivity index (χ0v) is 10.8. The maximum Gasteiger partial charge on any atom is 0.231 e. The Morgan fingerprint density at radius 1 is 1.28 bits per heavy atom. The molecule has 18 heavy (non-hydrogen) atoms. The number of ether oxygens (including phenoxy) is 3. The van der Waals surface area contributed by atoms with Crippen LogP contribution in [0.25, 0.3) is 0 Å². The summed E-state index contributed by atoms with van der Waals surface area (Å²) >= 11 is 0. The van der Waals surface area contributed by atoms with Gasteiger partial charge in [-0.1, -0.05) is 13.8 Å². The van der Waals surface area contributed by atoms with E-state index in [-0.39, 0.29) is 24.4 Å². The second-order valence-corrected chi connectivity index (χ2v) is 5.72. The van der Waals surface area contributed by atoms with Gasteiger partial charge in [-0.05, 0) is 30.4 Å². The molecular weight excluding hydrogens is 230 g/mol. The van der Waals surface area contributed by atoms with Crippen LogP contribution in [0.4, 0.5) is 0 Å². The number of hydrogen-bond donors (Lipinski definition) is 1. The normalized spacial score (nSPS) is 28.4. The van der Waals surface area contributed by atoms with Crippen molar-refractivity contribution in [3.05, 3.63) is 18.2 Å². The number of benzene rings is 1. The van der Waals surface area contributed by atoms with Crippen molar-refractivity contribution in [1.29, 1.82) is 0 Å². The Hall–Kier alpha value is -1.42. The molecule has 0 radical (unpaired) electrons. The molecule has 0 amide bonds. The highest BCUT2D eigenvalue weighted by Crippen LogP contribution is 2.40. The van der Waals surface area contributed by atoms with E-state index >= 15 is 0 Å². The molecule has 3 rings (SSSR count). The van der Waals surface area contributed by atoms with Crippen LogP contribution in [0.15, 0.2) is 18.2 Å². The monoisotopic (exact) mass is 249 g/mol. The SMILES string of the molecule is CC1(C)CCC(Oc2ccc3c(c2)OCO3)C1N. The summed E-state index contributed by atoms with van der Waals surface area (Å²) < 4.78 is 16.6. The predicted octanol–water partition coefficient (Wildman–Crippen LogP) is 2.31. The summed E-state index contributed by atoms with van der Waals surface area (Å²) in [6, 6.07) is 5.73. The van der Waals surface area contributed by atoms with Crippen molar-refractivity contribution in [2.75, 3.05) is 6.79 Å². The summed E-state index contributed by atoms with van der Waals surface area (Å²) in [6.45, 7) is 4.68. The first kappa shape index (κ1) is 11.7. The molecule has 2 aliphatic rings. The molecule has 1 heterocycles. The minimum atomic E-state index is 0.0722. The zero-order chi connectivity index (χ0) is 12.8.